The van der Waals surface area contributed by atoms with E-state index in [0.717, 1.165) is 39.7 Å². The van der Waals surface area contributed by atoms with Gasteiger partial charge in [-0.2, -0.15) is 0 Å². The molecule has 0 aliphatic rings. The van der Waals surface area contributed by atoms with Gasteiger partial charge in [0.1, 0.15) is 0 Å². The molecular weight excluding hydrogens is 480 g/mol. The number of benzene rings is 4. The molecule has 35 heavy (non-hydrogen) atoms. The summed E-state index contributed by atoms with van der Waals surface area (Å²) in [4.78, 5) is 0. The Bertz CT molecular complexity index is 1690. The number of para-hydroxylation sites is 2. The quantitative estimate of drug-likeness (QED) is 0.314. The molecule has 0 bridgehead atoms. The van der Waals surface area contributed by atoms with Crippen LogP contribution in [0.25, 0.3) is 27.8 Å². The normalized spacial score (nSPS) is 11.6. The monoisotopic (exact) mass is 502 g/mol. The summed E-state index contributed by atoms with van der Waals surface area (Å²) in [7, 11) is -3.31. The van der Waals surface area contributed by atoms with Crippen molar-refractivity contribution >= 4 is 38.3 Å². The fourth-order valence-corrected chi connectivity index (χ4v) is 4.96. The Kier molecular flexibility index (Phi) is 5.96. The lowest BCUT2D eigenvalue weighted by molar-refractivity contribution is 0.607. The van der Waals surface area contributed by atoms with Crippen LogP contribution in [-0.4, -0.2) is 23.8 Å². The van der Waals surface area contributed by atoms with Crippen LogP contribution in [-0.2, 0) is 16.6 Å². The molecule has 0 radical (unpaired) electrons. The molecule has 5 aromatic rings. The van der Waals surface area contributed by atoms with E-state index in [4.69, 9.17) is 17.0 Å². The number of imidazole rings is 1. The number of anilines is 1. The third kappa shape index (κ3) is 4.73. The van der Waals surface area contributed by atoms with E-state index in [2.05, 4.69) is 4.72 Å². The second kappa shape index (κ2) is 9.09. The fraction of sp³-hybridized carbons (Fsp3) is 0.0741. The Morgan fingerprint density at radius 2 is 1.37 bits per heavy atom. The van der Waals surface area contributed by atoms with Gasteiger partial charge in [-0.05, 0) is 59.2 Å². The highest BCUT2D eigenvalue weighted by molar-refractivity contribution is 7.92. The number of hydrogen-bond acceptors (Lipinski definition) is 3. The van der Waals surface area contributed by atoms with Gasteiger partial charge in [-0.15, -0.1) is 0 Å². The molecule has 0 spiro atoms. The molecule has 0 fully saturated rings. The van der Waals surface area contributed by atoms with Crippen molar-refractivity contribution in [2.45, 2.75) is 6.54 Å². The van der Waals surface area contributed by atoms with Crippen molar-refractivity contribution < 1.29 is 8.42 Å². The van der Waals surface area contributed by atoms with Crippen molar-refractivity contribution in [2.24, 2.45) is 0 Å². The van der Waals surface area contributed by atoms with Gasteiger partial charge in [-0.25, -0.2) is 8.42 Å². The molecule has 1 aromatic heterocycles. The number of halogens is 1. The maximum absolute atomic E-state index is 11.4. The summed E-state index contributed by atoms with van der Waals surface area (Å²) < 4.78 is 29.2. The average molecular weight is 503 g/mol. The molecule has 0 amide bonds. The molecule has 176 valence electrons. The summed E-state index contributed by atoms with van der Waals surface area (Å²) in [5.74, 6) is 0. The van der Waals surface area contributed by atoms with Crippen LogP contribution < -0.4 is 10.3 Å². The smallest absolute Gasteiger partial charge is 0.229 e. The van der Waals surface area contributed by atoms with Crippen LogP contribution in [0, 0.1) is 5.41 Å². The second-order valence-corrected chi connectivity index (χ2v) is 10.5. The molecule has 6 nitrogen and oxygen atoms in total. The van der Waals surface area contributed by atoms with Crippen LogP contribution in [0.5, 0.6) is 0 Å². The molecule has 5 rings (SSSR count). The second-order valence-electron chi connectivity index (χ2n) is 8.32. The first-order chi connectivity index (χ1) is 16.8. The summed E-state index contributed by atoms with van der Waals surface area (Å²) in [5.41, 5.74) is 6.56. The van der Waals surface area contributed by atoms with Crippen LogP contribution in [0.1, 0.15) is 5.56 Å². The third-order valence-electron chi connectivity index (χ3n) is 5.81. The first-order valence-electron chi connectivity index (χ1n) is 11.0. The lowest BCUT2D eigenvalue weighted by atomic mass is 10.1. The zero-order chi connectivity index (χ0) is 24.6. The molecule has 8 heteroatoms. The minimum absolute atomic E-state index is 0.357. The molecule has 0 unspecified atom stereocenters. The highest BCUT2D eigenvalue weighted by atomic mass is 35.5. The van der Waals surface area contributed by atoms with Gasteiger partial charge in [-0.3, -0.25) is 14.7 Å². The molecule has 0 saturated heterocycles. The van der Waals surface area contributed by atoms with Crippen LogP contribution in [0.3, 0.4) is 0 Å². The number of fused-ring (bicyclic) bond motifs is 1. The highest BCUT2D eigenvalue weighted by Gasteiger charge is 2.13. The maximum Gasteiger partial charge on any atom is 0.229 e. The van der Waals surface area contributed by atoms with Gasteiger partial charge >= 0.3 is 0 Å². The maximum atomic E-state index is 11.4. The average Bonchev–Trinajstić information content (AvgIpc) is 3.11. The first kappa shape index (κ1) is 23.0. The molecule has 2 N–H and O–H groups in total. The number of nitrogens with one attached hydrogen (secondary N) is 2. The molecule has 0 saturated carbocycles. The minimum Gasteiger partial charge on any atom is -0.306 e. The van der Waals surface area contributed by atoms with Crippen LogP contribution >= 0.6 is 11.6 Å². The van der Waals surface area contributed by atoms with Gasteiger partial charge in [0.25, 0.3) is 0 Å². The summed E-state index contributed by atoms with van der Waals surface area (Å²) in [6.07, 6.45) is 1.13. The van der Waals surface area contributed by atoms with E-state index in [-0.39, 0.29) is 0 Å². The molecule has 1 heterocycles. The molecular formula is C27H23ClN4O2S. The Morgan fingerprint density at radius 1 is 0.800 bits per heavy atom. The van der Waals surface area contributed by atoms with Gasteiger partial charge in [0, 0.05) is 16.4 Å². The molecule has 0 aliphatic carbocycles. The summed E-state index contributed by atoms with van der Waals surface area (Å²) in [5, 5.41) is 9.65. The van der Waals surface area contributed by atoms with Crippen molar-refractivity contribution in [1.82, 2.24) is 9.13 Å². The van der Waals surface area contributed by atoms with Gasteiger partial charge in [0.2, 0.25) is 15.6 Å². The number of hydrogen-bond donors (Lipinski definition) is 2. The number of nitrogens with zero attached hydrogens (tertiary/aromatic N) is 2. The Morgan fingerprint density at radius 3 is 2.00 bits per heavy atom. The van der Waals surface area contributed by atoms with E-state index in [0.29, 0.717) is 22.9 Å². The zero-order valence-corrected chi connectivity index (χ0v) is 20.5. The third-order valence-corrected chi connectivity index (χ3v) is 6.79. The van der Waals surface area contributed by atoms with E-state index in [1.165, 1.54) is 0 Å². The Hall–Kier alpha value is -3.81. The summed E-state index contributed by atoms with van der Waals surface area (Å²) in [6, 6.07) is 30.9. The zero-order valence-electron chi connectivity index (χ0n) is 18.9. The van der Waals surface area contributed by atoms with Crippen molar-refractivity contribution in [3.05, 3.63) is 113 Å². The van der Waals surface area contributed by atoms with E-state index in [9.17, 15) is 8.42 Å². The molecule has 0 atom stereocenters. The highest BCUT2D eigenvalue weighted by Crippen LogP contribution is 2.25. The lowest BCUT2D eigenvalue weighted by Crippen LogP contribution is -2.24. The predicted molar refractivity (Wildman–Crippen MR) is 142 cm³/mol. The predicted octanol–water partition coefficient (Wildman–Crippen LogP) is 5.65. The van der Waals surface area contributed by atoms with E-state index in [1.54, 1.807) is 12.1 Å². The Labute approximate surface area is 208 Å². The van der Waals surface area contributed by atoms with E-state index in [1.807, 2.05) is 94.1 Å². The minimum atomic E-state index is -3.31. The SMILES string of the molecule is CS(=O)(=O)Nc1ccc(-c2ccc(-n3c(=N)n(Cc4ccccc4Cl)c4ccccc43)cc2)cc1. The van der Waals surface area contributed by atoms with Crippen molar-refractivity contribution in [3.8, 4) is 16.8 Å². The topological polar surface area (TPSA) is 79.9 Å². The van der Waals surface area contributed by atoms with Crippen molar-refractivity contribution in [2.75, 3.05) is 11.0 Å². The number of sulfonamides is 1. The fourth-order valence-electron chi connectivity index (χ4n) is 4.20. The lowest BCUT2D eigenvalue weighted by Gasteiger charge is -2.09. The van der Waals surface area contributed by atoms with Gasteiger partial charge in [-0.1, -0.05) is 66.2 Å². The van der Waals surface area contributed by atoms with Crippen molar-refractivity contribution in [3.63, 3.8) is 0 Å². The molecule has 4 aromatic carbocycles. The standard InChI is InChI=1S/C27H23ClN4O2S/c1-35(33,34)30-22-14-10-19(11-15-22)20-12-16-23(17-13-20)32-26-9-5-4-8-25(26)31(27(32)29)18-21-6-2-3-7-24(21)28/h2-17,29-30H,18H2,1H3. The van der Waals surface area contributed by atoms with Crippen LogP contribution in [0.15, 0.2) is 97.1 Å². The van der Waals surface area contributed by atoms with Crippen LogP contribution in [0.2, 0.25) is 5.02 Å². The number of aromatic nitrogens is 2. The van der Waals surface area contributed by atoms with Crippen LogP contribution in [0.4, 0.5) is 5.69 Å². The summed E-state index contributed by atoms with van der Waals surface area (Å²) >= 11 is 6.40. The van der Waals surface area contributed by atoms with Crippen molar-refractivity contribution in [1.29, 1.82) is 5.41 Å². The van der Waals surface area contributed by atoms with E-state index < -0.39 is 10.0 Å². The number of rotatable bonds is 6. The Balaban J connectivity index is 1.51. The van der Waals surface area contributed by atoms with E-state index >= 15 is 0 Å². The van der Waals surface area contributed by atoms with Gasteiger partial charge < -0.3 is 4.57 Å². The van der Waals surface area contributed by atoms with Gasteiger partial charge in [0.05, 0.1) is 23.8 Å². The largest absolute Gasteiger partial charge is 0.306 e. The summed E-state index contributed by atoms with van der Waals surface area (Å²) in [6.45, 7) is 0.498. The van der Waals surface area contributed by atoms with Gasteiger partial charge in [0.15, 0.2) is 0 Å². The molecule has 0 aliphatic heterocycles. The first-order valence-corrected chi connectivity index (χ1v) is 13.2.